The van der Waals surface area contributed by atoms with E-state index >= 15 is 0 Å². The Hall–Kier alpha value is -3.59. The van der Waals surface area contributed by atoms with Gasteiger partial charge in [0, 0.05) is 19.1 Å². The van der Waals surface area contributed by atoms with Gasteiger partial charge >= 0.3 is 6.09 Å². The number of alkyl carbamates (subject to hydrolysis) is 1. The van der Waals surface area contributed by atoms with Gasteiger partial charge in [-0.15, -0.1) is 0 Å². The van der Waals surface area contributed by atoms with Crippen molar-refractivity contribution in [1.29, 1.82) is 0 Å². The van der Waals surface area contributed by atoms with E-state index in [0.29, 0.717) is 43.9 Å². The molecule has 0 spiro atoms. The first-order valence-electron chi connectivity index (χ1n) is 15.9. The molecule has 1 heterocycles. The first-order valence-corrected chi connectivity index (χ1v) is 15.9. The van der Waals surface area contributed by atoms with Gasteiger partial charge in [-0.2, -0.15) is 0 Å². The second-order valence-electron chi connectivity index (χ2n) is 11.5. The minimum absolute atomic E-state index is 0.233. The summed E-state index contributed by atoms with van der Waals surface area (Å²) in [6.07, 6.45) is 6.75. The largest absolute Gasteiger partial charge is 0.493 e. The number of amides is 1. The zero-order chi connectivity index (χ0) is 30.4. The Balaban J connectivity index is 1.01. The van der Waals surface area contributed by atoms with Gasteiger partial charge in [0.05, 0.1) is 39.1 Å². The van der Waals surface area contributed by atoms with Crippen LogP contribution in [0.5, 0.6) is 11.5 Å². The Kier molecular flexibility index (Phi) is 12.3. The molecule has 0 aromatic heterocycles. The lowest BCUT2D eigenvalue weighted by molar-refractivity contribution is -0.0352. The summed E-state index contributed by atoms with van der Waals surface area (Å²) in [7, 11) is 1.64. The van der Waals surface area contributed by atoms with Crippen LogP contribution in [0.4, 0.5) is 4.79 Å². The minimum Gasteiger partial charge on any atom is -0.493 e. The fourth-order valence-corrected chi connectivity index (χ4v) is 6.07. The fraction of sp³-hybridized carbons (Fsp3) is 0.472. The predicted molar refractivity (Wildman–Crippen MR) is 170 cm³/mol. The van der Waals surface area contributed by atoms with Gasteiger partial charge in [-0.3, -0.25) is 4.90 Å². The third kappa shape index (κ3) is 9.71. The molecule has 2 unspecified atom stereocenters. The fourth-order valence-electron chi connectivity index (χ4n) is 6.07. The molecule has 3 aromatic carbocycles. The summed E-state index contributed by atoms with van der Waals surface area (Å²) in [4.78, 5) is 14.6. The van der Waals surface area contributed by atoms with Crippen molar-refractivity contribution in [3.8, 4) is 11.5 Å². The average molecular weight is 603 g/mol. The van der Waals surface area contributed by atoms with Crippen LogP contribution in [-0.2, 0) is 33.8 Å². The summed E-state index contributed by atoms with van der Waals surface area (Å²) in [6.45, 7) is 4.27. The molecule has 5 rings (SSSR count). The van der Waals surface area contributed by atoms with Crippen molar-refractivity contribution in [2.24, 2.45) is 0 Å². The van der Waals surface area contributed by atoms with Crippen LogP contribution in [0.2, 0.25) is 0 Å². The molecule has 3 aromatic rings. The third-order valence-electron chi connectivity index (χ3n) is 8.43. The van der Waals surface area contributed by atoms with Gasteiger partial charge in [0.25, 0.3) is 0 Å². The van der Waals surface area contributed by atoms with Crippen molar-refractivity contribution < 1.29 is 28.5 Å². The van der Waals surface area contributed by atoms with Crippen molar-refractivity contribution >= 4 is 6.09 Å². The van der Waals surface area contributed by atoms with Crippen LogP contribution >= 0.6 is 0 Å². The number of rotatable bonds is 15. The molecule has 8 nitrogen and oxygen atoms in total. The maximum atomic E-state index is 12.0. The normalized spacial score (nSPS) is 20.2. The van der Waals surface area contributed by atoms with E-state index in [1.54, 1.807) is 7.11 Å². The standard InChI is InChI=1S/C36H46N2O6/c1-40-35-24-28(16-17-34(35)42-23-20-37-36(39)44-27-30-12-6-3-7-13-30)19-22-41-33-15-9-8-14-32(33)38-21-18-31(25-38)43-26-29-10-4-2-5-11-29/h2-7,10-13,16-17,24,31-33H,8-9,14-15,18-23,25-27H2,1H3,(H,37,39)/t31-,32?,33?/m0/s1. The van der Waals surface area contributed by atoms with Crippen molar-refractivity contribution in [2.45, 2.75) is 70.0 Å². The summed E-state index contributed by atoms with van der Waals surface area (Å²) in [5, 5.41) is 2.72. The van der Waals surface area contributed by atoms with E-state index in [2.05, 4.69) is 40.5 Å². The lowest BCUT2D eigenvalue weighted by Crippen LogP contribution is -2.46. The molecular weight excluding hydrogens is 556 g/mol. The number of carbonyl (C=O) groups excluding carboxylic acids is 1. The van der Waals surface area contributed by atoms with Crippen molar-refractivity contribution in [3.05, 3.63) is 95.6 Å². The Morgan fingerprint density at radius 3 is 2.34 bits per heavy atom. The minimum atomic E-state index is -0.471. The molecule has 1 aliphatic heterocycles. The molecule has 3 atom stereocenters. The van der Waals surface area contributed by atoms with Gasteiger partial charge in [-0.1, -0.05) is 79.6 Å². The number of benzene rings is 3. The monoisotopic (exact) mass is 602 g/mol. The molecule has 2 fully saturated rings. The first-order chi connectivity index (χ1) is 21.7. The van der Waals surface area contributed by atoms with Crippen LogP contribution in [0, 0.1) is 0 Å². The Bertz CT molecular complexity index is 1270. The number of hydrogen-bond acceptors (Lipinski definition) is 7. The van der Waals surface area contributed by atoms with Gasteiger partial charge in [-0.05, 0) is 54.5 Å². The Morgan fingerprint density at radius 2 is 1.57 bits per heavy atom. The van der Waals surface area contributed by atoms with E-state index in [9.17, 15) is 4.79 Å². The summed E-state index contributed by atoms with van der Waals surface area (Å²) in [5.74, 6) is 1.31. The molecule has 0 bridgehead atoms. The molecule has 1 amide bonds. The SMILES string of the molecule is COc1cc(CCOC2CCCCC2N2CC[C@H](OCc3ccccc3)C2)ccc1OCCNC(=O)OCc1ccccc1. The summed E-state index contributed by atoms with van der Waals surface area (Å²) >= 11 is 0. The molecule has 1 N–H and O–H groups in total. The van der Waals surface area contributed by atoms with Gasteiger partial charge in [0.15, 0.2) is 11.5 Å². The molecular formula is C36H46N2O6. The van der Waals surface area contributed by atoms with Crippen LogP contribution < -0.4 is 14.8 Å². The lowest BCUT2D eigenvalue weighted by Gasteiger charge is -2.38. The molecule has 1 aliphatic carbocycles. The van der Waals surface area contributed by atoms with Gasteiger partial charge in [-0.25, -0.2) is 4.79 Å². The molecule has 1 saturated carbocycles. The number of methoxy groups -OCH3 is 1. The predicted octanol–water partition coefficient (Wildman–Crippen LogP) is 6.16. The molecule has 0 radical (unpaired) electrons. The molecule has 236 valence electrons. The molecule has 44 heavy (non-hydrogen) atoms. The zero-order valence-electron chi connectivity index (χ0n) is 25.8. The van der Waals surface area contributed by atoms with E-state index in [0.717, 1.165) is 43.5 Å². The van der Waals surface area contributed by atoms with E-state index in [1.807, 2.05) is 48.5 Å². The number of likely N-dealkylation sites (tertiary alicyclic amines) is 1. The van der Waals surface area contributed by atoms with E-state index in [-0.39, 0.29) is 18.8 Å². The van der Waals surface area contributed by atoms with Crippen molar-refractivity contribution in [1.82, 2.24) is 10.2 Å². The van der Waals surface area contributed by atoms with Gasteiger partial charge in [0.1, 0.15) is 13.2 Å². The molecule has 8 heteroatoms. The lowest BCUT2D eigenvalue weighted by atomic mass is 9.91. The van der Waals surface area contributed by atoms with Gasteiger partial charge in [0.2, 0.25) is 0 Å². The second-order valence-corrected chi connectivity index (χ2v) is 11.5. The average Bonchev–Trinajstić information content (AvgIpc) is 3.55. The number of nitrogens with zero attached hydrogens (tertiary/aromatic N) is 1. The number of carbonyl (C=O) groups is 1. The highest BCUT2D eigenvalue weighted by Crippen LogP contribution is 2.31. The summed E-state index contributed by atoms with van der Waals surface area (Å²) in [5.41, 5.74) is 3.31. The van der Waals surface area contributed by atoms with E-state index < -0.39 is 6.09 Å². The highest BCUT2D eigenvalue weighted by atomic mass is 16.5. The molecule has 1 saturated heterocycles. The Morgan fingerprint density at radius 1 is 0.818 bits per heavy atom. The smallest absolute Gasteiger partial charge is 0.407 e. The van der Waals surface area contributed by atoms with Crippen molar-refractivity contribution in [3.63, 3.8) is 0 Å². The van der Waals surface area contributed by atoms with Crippen LogP contribution in [0.1, 0.15) is 48.8 Å². The third-order valence-corrected chi connectivity index (χ3v) is 8.43. The highest BCUT2D eigenvalue weighted by Gasteiger charge is 2.35. The van der Waals surface area contributed by atoms with E-state index in [4.69, 9.17) is 23.7 Å². The molecule has 2 aliphatic rings. The number of nitrogens with one attached hydrogen (secondary N) is 1. The summed E-state index contributed by atoms with van der Waals surface area (Å²) in [6, 6.07) is 26.5. The zero-order valence-corrected chi connectivity index (χ0v) is 25.8. The highest BCUT2D eigenvalue weighted by molar-refractivity contribution is 5.67. The van der Waals surface area contributed by atoms with Gasteiger partial charge < -0.3 is 29.0 Å². The Labute approximate surface area is 261 Å². The van der Waals surface area contributed by atoms with Crippen LogP contribution in [0.25, 0.3) is 0 Å². The summed E-state index contributed by atoms with van der Waals surface area (Å²) < 4.78 is 29.5. The van der Waals surface area contributed by atoms with Crippen LogP contribution in [-0.4, -0.2) is 69.2 Å². The van der Waals surface area contributed by atoms with E-state index in [1.165, 1.54) is 24.8 Å². The van der Waals surface area contributed by atoms with Crippen LogP contribution in [0.15, 0.2) is 78.9 Å². The van der Waals surface area contributed by atoms with Crippen LogP contribution in [0.3, 0.4) is 0 Å². The maximum Gasteiger partial charge on any atom is 0.407 e. The van der Waals surface area contributed by atoms with Crippen molar-refractivity contribution in [2.75, 3.05) is 40.0 Å². The maximum absolute atomic E-state index is 12.0. The quantitative estimate of drug-likeness (QED) is 0.209. The first kappa shape index (κ1) is 31.8. The number of ether oxygens (including phenoxy) is 5. The number of hydrogen-bond donors (Lipinski definition) is 1. The topological polar surface area (TPSA) is 78.5 Å². The second kappa shape index (κ2) is 17.0.